The van der Waals surface area contributed by atoms with Gasteiger partial charge in [0.15, 0.2) is 11.5 Å². The molecule has 0 aliphatic carbocycles. The highest BCUT2D eigenvalue weighted by Crippen LogP contribution is 2.45. The van der Waals surface area contributed by atoms with Crippen LogP contribution in [0.25, 0.3) is 0 Å². The van der Waals surface area contributed by atoms with Crippen LogP contribution in [0, 0.1) is 5.92 Å². The number of fused-ring (bicyclic) bond motifs is 3. The lowest BCUT2D eigenvalue weighted by Crippen LogP contribution is -2.44. The summed E-state index contributed by atoms with van der Waals surface area (Å²) in [5, 5.41) is 11.1. The van der Waals surface area contributed by atoms with Crippen LogP contribution >= 0.6 is 0 Å². The number of hydrogen-bond donors (Lipinski definition) is 1. The third kappa shape index (κ3) is 1.74. The Morgan fingerprint density at radius 1 is 1.16 bits per heavy atom. The van der Waals surface area contributed by atoms with Gasteiger partial charge in [0.2, 0.25) is 0 Å². The minimum absolute atomic E-state index is 0.351. The Morgan fingerprint density at radius 3 is 2.89 bits per heavy atom. The third-order valence-corrected chi connectivity index (χ3v) is 4.80. The van der Waals surface area contributed by atoms with E-state index in [2.05, 4.69) is 4.90 Å². The zero-order valence-corrected chi connectivity index (χ0v) is 11.0. The Hall–Kier alpha value is -1.26. The van der Waals surface area contributed by atoms with Gasteiger partial charge in [0, 0.05) is 19.0 Å². The van der Waals surface area contributed by atoms with E-state index in [9.17, 15) is 5.11 Å². The molecule has 1 N–H and O–H groups in total. The monoisotopic (exact) mass is 261 g/mol. The van der Waals surface area contributed by atoms with E-state index in [1.165, 1.54) is 0 Å². The molecule has 0 saturated carbocycles. The Balaban J connectivity index is 1.71. The van der Waals surface area contributed by atoms with E-state index in [0.29, 0.717) is 19.1 Å². The van der Waals surface area contributed by atoms with Crippen LogP contribution in [0.2, 0.25) is 0 Å². The lowest BCUT2D eigenvalue weighted by atomic mass is 9.77. The first-order valence-electron chi connectivity index (χ1n) is 7.10. The number of piperidine rings is 1. The van der Waals surface area contributed by atoms with Gasteiger partial charge in [0.05, 0.1) is 5.60 Å². The molecule has 3 heterocycles. The van der Waals surface area contributed by atoms with Crippen LogP contribution in [-0.2, 0) is 5.60 Å². The van der Waals surface area contributed by atoms with E-state index in [1.807, 2.05) is 18.2 Å². The van der Waals surface area contributed by atoms with Crippen molar-refractivity contribution in [3.8, 4) is 11.5 Å². The third-order valence-electron chi connectivity index (χ3n) is 4.80. The second kappa shape index (κ2) is 4.12. The average molecular weight is 261 g/mol. The molecular formula is C15H19NO3. The quantitative estimate of drug-likeness (QED) is 0.829. The molecule has 2 fully saturated rings. The molecule has 3 aliphatic rings. The van der Waals surface area contributed by atoms with E-state index >= 15 is 0 Å². The van der Waals surface area contributed by atoms with Gasteiger partial charge < -0.3 is 19.5 Å². The van der Waals surface area contributed by atoms with Gasteiger partial charge >= 0.3 is 0 Å². The standard InChI is InChI=1S/C15H19NO3/c17-15(4-6-16-5-3-12(15)10-16)11-1-2-13-14(9-11)19-8-7-18-13/h1-2,9,12,17H,3-8,10H2. The van der Waals surface area contributed by atoms with E-state index < -0.39 is 5.60 Å². The predicted octanol–water partition coefficient (Wildman–Crippen LogP) is 1.37. The molecule has 0 amide bonds. The molecule has 1 aromatic carbocycles. The number of aliphatic hydroxyl groups is 1. The fourth-order valence-corrected chi connectivity index (χ4v) is 3.65. The summed E-state index contributed by atoms with van der Waals surface area (Å²) in [5.41, 5.74) is 0.298. The van der Waals surface area contributed by atoms with Crippen molar-refractivity contribution in [3.05, 3.63) is 23.8 Å². The number of rotatable bonds is 1. The fourth-order valence-electron chi connectivity index (χ4n) is 3.65. The van der Waals surface area contributed by atoms with Gasteiger partial charge in [-0.2, -0.15) is 0 Å². The predicted molar refractivity (Wildman–Crippen MR) is 70.5 cm³/mol. The van der Waals surface area contributed by atoms with Gasteiger partial charge in [0.1, 0.15) is 13.2 Å². The van der Waals surface area contributed by atoms with E-state index in [0.717, 1.165) is 49.5 Å². The second-order valence-corrected chi connectivity index (χ2v) is 5.82. The van der Waals surface area contributed by atoms with Crippen molar-refractivity contribution in [1.29, 1.82) is 0 Å². The molecule has 19 heavy (non-hydrogen) atoms. The lowest BCUT2D eigenvalue weighted by Gasteiger charge is -2.39. The minimum atomic E-state index is -0.692. The van der Waals surface area contributed by atoms with Gasteiger partial charge in [-0.3, -0.25) is 0 Å². The highest BCUT2D eigenvalue weighted by molar-refractivity contribution is 5.45. The van der Waals surface area contributed by atoms with Crippen LogP contribution < -0.4 is 9.47 Å². The van der Waals surface area contributed by atoms with Gasteiger partial charge in [-0.25, -0.2) is 0 Å². The molecule has 3 aliphatic heterocycles. The van der Waals surface area contributed by atoms with Crippen molar-refractivity contribution in [2.24, 2.45) is 5.92 Å². The number of hydrogen-bond acceptors (Lipinski definition) is 4. The smallest absolute Gasteiger partial charge is 0.161 e. The maximum Gasteiger partial charge on any atom is 0.161 e. The van der Waals surface area contributed by atoms with Crippen molar-refractivity contribution in [3.63, 3.8) is 0 Å². The van der Waals surface area contributed by atoms with Gasteiger partial charge in [-0.05, 0) is 37.1 Å². The largest absolute Gasteiger partial charge is 0.486 e. The molecule has 4 rings (SSSR count). The molecule has 2 bridgehead atoms. The van der Waals surface area contributed by atoms with Crippen LogP contribution in [-0.4, -0.2) is 42.9 Å². The Morgan fingerprint density at radius 2 is 2.00 bits per heavy atom. The summed E-state index contributed by atoms with van der Waals surface area (Å²) in [6, 6.07) is 5.91. The first-order chi connectivity index (χ1) is 9.25. The van der Waals surface area contributed by atoms with Crippen LogP contribution in [0.15, 0.2) is 18.2 Å². The SMILES string of the molecule is OC1(c2ccc3c(c2)OCCO3)CCN2CCC1C2. The summed E-state index contributed by atoms with van der Waals surface area (Å²) in [6.45, 7) is 4.32. The molecule has 0 radical (unpaired) electrons. The zero-order valence-electron chi connectivity index (χ0n) is 11.0. The Kier molecular flexibility index (Phi) is 2.50. The lowest BCUT2D eigenvalue weighted by molar-refractivity contribution is -0.0504. The van der Waals surface area contributed by atoms with Crippen LogP contribution in [0.3, 0.4) is 0 Å². The van der Waals surface area contributed by atoms with Crippen LogP contribution in [0.5, 0.6) is 11.5 Å². The normalized spacial score (nSPS) is 36.3. The van der Waals surface area contributed by atoms with Gasteiger partial charge in [-0.1, -0.05) is 6.07 Å². The van der Waals surface area contributed by atoms with E-state index in [-0.39, 0.29) is 0 Å². The fraction of sp³-hybridized carbons (Fsp3) is 0.600. The van der Waals surface area contributed by atoms with Gasteiger partial charge in [-0.15, -0.1) is 0 Å². The molecule has 4 nitrogen and oxygen atoms in total. The maximum atomic E-state index is 11.1. The number of ether oxygens (including phenoxy) is 2. The maximum absolute atomic E-state index is 11.1. The molecule has 102 valence electrons. The van der Waals surface area contributed by atoms with Crippen molar-refractivity contribution in [2.45, 2.75) is 18.4 Å². The summed E-state index contributed by atoms with van der Waals surface area (Å²) < 4.78 is 11.2. The average Bonchev–Trinajstić information content (AvgIpc) is 2.88. The number of benzene rings is 1. The second-order valence-electron chi connectivity index (χ2n) is 5.82. The Bertz CT molecular complexity index is 504. The molecule has 0 spiro atoms. The molecule has 4 heteroatoms. The molecular weight excluding hydrogens is 242 g/mol. The minimum Gasteiger partial charge on any atom is -0.486 e. The molecule has 0 aromatic heterocycles. The Labute approximate surface area is 112 Å². The van der Waals surface area contributed by atoms with Crippen molar-refractivity contribution in [1.82, 2.24) is 4.90 Å². The van der Waals surface area contributed by atoms with Crippen molar-refractivity contribution in [2.75, 3.05) is 32.8 Å². The molecule has 2 saturated heterocycles. The molecule has 3 atom stereocenters. The molecule has 3 unspecified atom stereocenters. The number of nitrogens with zero attached hydrogens (tertiary/aromatic N) is 1. The van der Waals surface area contributed by atoms with E-state index in [1.54, 1.807) is 0 Å². The molecule has 1 aromatic rings. The van der Waals surface area contributed by atoms with E-state index in [4.69, 9.17) is 9.47 Å². The summed E-state index contributed by atoms with van der Waals surface area (Å²) in [6.07, 6.45) is 1.91. The first-order valence-corrected chi connectivity index (χ1v) is 7.10. The van der Waals surface area contributed by atoms with Crippen LogP contribution in [0.1, 0.15) is 18.4 Å². The zero-order chi connectivity index (χ0) is 12.9. The summed E-state index contributed by atoms with van der Waals surface area (Å²) in [4.78, 5) is 2.44. The van der Waals surface area contributed by atoms with Crippen molar-refractivity contribution >= 4 is 0 Å². The highest BCUT2D eigenvalue weighted by Gasteiger charge is 2.46. The van der Waals surface area contributed by atoms with Gasteiger partial charge in [0.25, 0.3) is 0 Å². The summed E-state index contributed by atoms with van der Waals surface area (Å²) >= 11 is 0. The highest BCUT2D eigenvalue weighted by atomic mass is 16.6. The van der Waals surface area contributed by atoms with Crippen LogP contribution in [0.4, 0.5) is 0 Å². The van der Waals surface area contributed by atoms with Crippen molar-refractivity contribution < 1.29 is 14.6 Å². The summed E-state index contributed by atoms with van der Waals surface area (Å²) in [7, 11) is 0. The topological polar surface area (TPSA) is 41.9 Å². The summed E-state index contributed by atoms with van der Waals surface area (Å²) in [5.74, 6) is 1.92. The first kappa shape index (κ1) is 11.6.